The average Bonchev–Trinajstić information content (AvgIpc) is 3.09. The van der Waals surface area contributed by atoms with E-state index in [1.54, 1.807) is 23.7 Å². The SMILES string of the molecule is CC(C)Nc1cc(-c2ccc3cc(C#N)cnn23)ncc1C(=O)NC1CC(C)(O)C1. The molecule has 0 radical (unpaired) electrons. The van der Waals surface area contributed by atoms with Gasteiger partial charge in [0.1, 0.15) is 6.07 Å². The van der Waals surface area contributed by atoms with Gasteiger partial charge in [-0.05, 0) is 57.9 Å². The summed E-state index contributed by atoms with van der Waals surface area (Å²) in [6.45, 7) is 5.78. The second-order valence-electron chi connectivity index (χ2n) is 8.40. The number of carbonyl (C=O) groups is 1. The Bertz CT molecular complexity index is 1150. The third kappa shape index (κ3) is 3.84. The number of hydrogen-bond acceptors (Lipinski definition) is 6. The maximum atomic E-state index is 12.8. The minimum atomic E-state index is -0.701. The van der Waals surface area contributed by atoms with E-state index in [1.807, 2.05) is 32.0 Å². The number of aromatic nitrogens is 3. The highest BCUT2D eigenvalue weighted by Gasteiger charge is 2.39. The molecule has 1 aliphatic carbocycles. The number of pyridine rings is 1. The van der Waals surface area contributed by atoms with Crippen LogP contribution in [0.5, 0.6) is 0 Å². The van der Waals surface area contributed by atoms with E-state index in [-0.39, 0.29) is 18.0 Å². The van der Waals surface area contributed by atoms with Crippen molar-refractivity contribution in [2.45, 2.75) is 51.3 Å². The summed E-state index contributed by atoms with van der Waals surface area (Å²) in [6, 6.07) is 9.55. The van der Waals surface area contributed by atoms with Gasteiger partial charge in [-0.3, -0.25) is 9.78 Å². The first kappa shape index (κ1) is 19.9. The lowest BCUT2D eigenvalue weighted by Gasteiger charge is -2.41. The molecule has 0 atom stereocenters. The standard InChI is InChI=1S/C22H24N6O2/c1-13(2)26-18-7-19(20-5-4-16-6-14(10-23)11-25-28(16)20)24-12-17(18)21(29)27-15-8-22(3,30)9-15/h4-7,11-13,15,30H,8-9H2,1-3H3,(H,24,26)(H,27,29). The molecule has 4 rings (SSSR count). The van der Waals surface area contributed by atoms with Crippen molar-refractivity contribution in [1.29, 1.82) is 5.26 Å². The number of nitriles is 1. The highest BCUT2D eigenvalue weighted by Crippen LogP contribution is 2.32. The fourth-order valence-corrected chi connectivity index (χ4v) is 3.83. The predicted octanol–water partition coefficient (Wildman–Crippen LogP) is 2.73. The molecule has 0 aliphatic heterocycles. The molecule has 1 aliphatic rings. The van der Waals surface area contributed by atoms with Crippen molar-refractivity contribution in [2.75, 3.05) is 5.32 Å². The van der Waals surface area contributed by atoms with Crippen LogP contribution in [0.1, 0.15) is 49.5 Å². The quantitative estimate of drug-likeness (QED) is 0.602. The van der Waals surface area contributed by atoms with Crippen LogP contribution in [0.2, 0.25) is 0 Å². The Hall–Kier alpha value is -3.44. The van der Waals surface area contributed by atoms with E-state index >= 15 is 0 Å². The third-order valence-corrected chi connectivity index (χ3v) is 5.19. The zero-order valence-electron chi connectivity index (χ0n) is 17.2. The molecule has 154 valence electrons. The van der Waals surface area contributed by atoms with Crippen molar-refractivity contribution in [3.63, 3.8) is 0 Å². The first-order valence-corrected chi connectivity index (χ1v) is 9.94. The van der Waals surface area contributed by atoms with Gasteiger partial charge in [-0.15, -0.1) is 0 Å². The molecule has 0 unspecified atom stereocenters. The topological polar surface area (TPSA) is 115 Å². The second-order valence-corrected chi connectivity index (χ2v) is 8.40. The van der Waals surface area contributed by atoms with Crippen LogP contribution >= 0.6 is 0 Å². The lowest BCUT2D eigenvalue weighted by molar-refractivity contribution is -0.0366. The van der Waals surface area contributed by atoms with Crippen LogP contribution in [0.3, 0.4) is 0 Å². The molecule has 3 heterocycles. The molecule has 0 bridgehead atoms. The maximum absolute atomic E-state index is 12.8. The summed E-state index contributed by atoms with van der Waals surface area (Å²) >= 11 is 0. The van der Waals surface area contributed by atoms with Crippen molar-refractivity contribution in [1.82, 2.24) is 19.9 Å². The third-order valence-electron chi connectivity index (χ3n) is 5.19. The lowest BCUT2D eigenvalue weighted by Crippen LogP contribution is -2.53. The zero-order chi connectivity index (χ0) is 21.5. The van der Waals surface area contributed by atoms with E-state index in [0.29, 0.717) is 35.3 Å². The van der Waals surface area contributed by atoms with Crippen LogP contribution in [0.25, 0.3) is 16.9 Å². The van der Waals surface area contributed by atoms with Gasteiger partial charge in [-0.1, -0.05) is 0 Å². The molecular weight excluding hydrogens is 380 g/mol. The minimum Gasteiger partial charge on any atom is -0.390 e. The molecule has 3 aromatic heterocycles. The van der Waals surface area contributed by atoms with Crippen LogP contribution in [0, 0.1) is 11.3 Å². The summed E-state index contributed by atoms with van der Waals surface area (Å²) in [5.41, 5.74) is 3.16. The molecule has 8 heteroatoms. The normalized spacial score (nSPS) is 20.6. The number of anilines is 1. The maximum Gasteiger partial charge on any atom is 0.255 e. The van der Waals surface area contributed by atoms with Crippen LogP contribution in [-0.4, -0.2) is 43.3 Å². The molecular formula is C22H24N6O2. The van der Waals surface area contributed by atoms with Gasteiger partial charge < -0.3 is 15.7 Å². The summed E-state index contributed by atoms with van der Waals surface area (Å²) in [7, 11) is 0. The Morgan fingerprint density at radius 3 is 2.77 bits per heavy atom. The van der Waals surface area contributed by atoms with Gasteiger partial charge in [-0.25, -0.2) is 4.52 Å². The van der Waals surface area contributed by atoms with E-state index in [9.17, 15) is 9.90 Å². The van der Waals surface area contributed by atoms with Crippen LogP contribution in [-0.2, 0) is 0 Å². The van der Waals surface area contributed by atoms with Crippen molar-refractivity contribution in [3.05, 3.63) is 47.8 Å². The number of rotatable bonds is 5. The first-order chi connectivity index (χ1) is 14.3. The van der Waals surface area contributed by atoms with Crippen molar-refractivity contribution in [2.24, 2.45) is 0 Å². The molecule has 1 saturated carbocycles. The molecule has 1 amide bonds. The van der Waals surface area contributed by atoms with E-state index in [4.69, 9.17) is 5.26 Å². The van der Waals surface area contributed by atoms with Gasteiger partial charge >= 0.3 is 0 Å². The minimum absolute atomic E-state index is 0.0350. The number of fused-ring (bicyclic) bond motifs is 1. The largest absolute Gasteiger partial charge is 0.390 e. The summed E-state index contributed by atoms with van der Waals surface area (Å²) in [6.07, 6.45) is 4.17. The predicted molar refractivity (Wildman–Crippen MR) is 113 cm³/mol. The Kier molecular flexibility index (Phi) is 4.92. The van der Waals surface area contributed by atoms with E-state index in [2.05, 4.69) is 26.8 Å². The van der Waals surface area contributed by atoms with Crippen LogP contribution in [0.4, 0.5) is 5.69 Å². The van der Waals surface area contributed by atoms with Gasteiger partial charge in [-0.2, -0.15) is 10.4 Å². The number of nitrogens with zero attached hydrogens (tertiary/aromatic N) is 4. The highest BCUT2D eigenvalue weighted by atomic mass is 16.3. The first-order valence-electron chi connectivity index (χ1n) is 9.94. The summed E-state index contributed by atoms with van der Waals surface area (Å²) in [5, 5.41) is 29.6. The van der Waals surface area contributed by atoms with Gasteiger partial charge in [0.25, 0.3) is 5.91 Å². The number of aliphatic hydroxyl groups is 1. The van der Waals surface area contributed by atoms with E-state index < -0.39 is 5.60 Å². The average molecular weight is 404 g/mol. The molecule has 0 spiro atoms. The molecule has 1 fully saturated rings. The lowest BCUT2D eigenvalue weighted by atomic mass is 9.77. The number of carbonyl (C=O) groups excluding carboxylic acids is 1. The van der Waals surface area contributed by atoms with Crippen molar-refractivity contribution >= 4 is 17.1 Å². The fourth-order valence-electron chi connectivity index (χ4n) is 3.83. The van der Waals surface area contributed by atoms with E-state index in [1.165, 1.54) is 6.20 Å². The second kappa shape index (κ2) is 7.43. The van der Waals surface area contributed by atoms with Gasteiger partial charge in [0.05, 0.1) is 45.5 Å². The Morgan fingerprint density at radius 2 is 2.10 bits per heavy atom. The van der Waals surface area contributed by atoms with Crippen LogP contribution in [0.15, 0.2) is 36.7 Å². The van der Waals surface area contributed by atoms with Crippen molar-refractivity contribution in [3.8, 4) is 17.5 Å². The van der Waals surface area contributed by atoms with Gasteiger partial charge in [0, 0.05) is 18.3 Å². The number of nitrogens with one attached hydrogen (secondary N) is 2. The smallest absolute Gasteiger partial charge is 0.255 e. The fraction of sp³-hybridized carbons (Fsp3) is 0.364. The number of amides is 1. The number of hydrogen-bond donors (Lipinski definition) is 3. The summed E-state index contributed by atoms with van der Waals surface area (Å²) in [5.74, 6) is -0.213. The van der Waals surface area contributed by atoms with Crippen molar-refractivity contribution < 1.29 is 9.90 Å². The Morgan fingerprint density at radius 1 is 1.33 bits per heavy atom. The Balaban J connectivity index is 1.66. The zero-order valence-corrected chi connectivity index (χ0v) is 17.2. The highest BCUT2D eigenvalue weighted by molar-refractivity contribution is 6.00. The van der Waals surface area contributed by atoms with Crippen LogP contribution < -0.4 is 10.6 Å². The molecule has 3 aromatic rings. The van der Waals surface area contributed by atoms with Gasteiger partial charge in [0.15, 0.2) is 0 Å². The molecule has 0 aromatic carbocycles. The summed E-state index contributed by atoms with van der Waals surface area (Å²) in [4.78, 5) is 17.3. The molecule has 0 saturated heterocycles. The van der Waals surface area contributed by atoms with E-state index in [0.717, 1.165) is 11.2 Å². The monoisotopic (exact) mass is 404 g/mol. The molecule has 30 heavy (non-hydrogen) atoms. The summed E-state index contributed by atoms with van der Waals surface area (Å²) < 4.78 is 1.72. The molecule has 8 nitrogen and oxygen atoms in total. The van der Waals surface area contributed by atoms with Gasteiger partial charge in [0.2, 0.25) is 0 Å². The molecule has 3 N–H and O–H groups in total. The Labute approximate surface area is 174 Å².